The van der Waals surface area contributed by atoms with Crippen LogP contribution in [0.3, 0.4) is 0 Å². The lowest BCUT2D eigenvalue weighted by Crippen LogP contribution is -2.32. The first-order valence-corrected chi connectivity index (χ1v) is 8.99. The van der Waals surface area contributed by atoms with E-state index in [9.17, 15) is 39.0 Å². The number of hydrogen-bond acceptors (Lipinski definition) is 10. The Morgan fingerprint density at radius 3 is 1.21 bits per heavy atom. The summed E-state index contributed by atoms with van der Waals surface area (Å²) in [5.41, 5.74) is 6.93. The van der Waals surface area contributed by atoms with Crippen LogP contribution in [-0.2, 0) is 9.59 Å². The van der Waals surface area contributed by atoms with E-state index >= 15 is 0 Å². The largest absolute Gasteiger partial charge is 0.545 e. The zero-order valence-corrected chi connectivity index (χ0v) is 17.8. The van der Waals surface area contributed by atoms with Gasteiger partial charge in [-0.3, -0.25) is 30.2 Å². The average molecular weight is 480 g/mol. The number of carbonyl (C=O) groups excluding carboxylic acids is 4. The van der Waals surface area contributed by atoms with Crippen molar-refractivity contribution in [3.8, 4) is 0 Å². The molecule has 182 valence electrons. The predicted octanol–water partition coefficient (Wildman–Crippen LogP) is -6.04. The zero-order valence-electron chi connectivity index (χ0n) is 17.8. The molecule has 8 N–H and O–H groups in total. The summed E-state index contributed by atoms with van der Waals surface area (Å²) in [7, 11) is 3.51. The SMILES string of the molecule is C[N+]1=C(N)NC(=O)C1.C[N+]1=C(N)NC(=O)C1.O=C([O-])c1cc(C(=O)[O-])c(C(=O)O)cc1C(=O)O. The fourth-order valence-corrected chi connectivity index (χ4v) is 2.45. The van der Waals surface area contributed by atoms with Crippen LogP contribution in [-0.4, -0.2) is 94.2 Å². The lowest BCUT2D eigenvalue weighted by atomic mass is 9.98. The molecule has 2 amide bonds. The summed E-state index contributed by atoms with van der Waals surface area (Å²) in [6.45, 7) is 0.762. The van der Waals surface area contributed by atoms with Crippen LogP contribution < -0.4 is 32.3 Å². The van der Waals surface area contributed by atoms with Crippen molar-refractivity contribution in [2.75, 3.05) is 27.2 Å². The van der Waals surface area contributed by atoms with Gasteiger partial charge in [-0.2, -0.15) is 0 Å². The second-order valence-electron chi connectivity index (χ2n) is 6.71. The number of rotatable bonds is 4. The molecule has 1 aromatic carbocycles. The summed E-state index contributed by atoms with van der Waals surface area (Å²) in [5, 5.41) is 43.6. The van der Waals surface area contributed by atoms with Gasteiger partial charge in [0.1, 0.15) is 0 Å². The third-order valence-corrected chi connectivity index (χ3v) is 4.18. The molecule has 0 saturated heterocycles. The van der Waals surface area contributed by atoms with Crippen molar-refractivity contribution in [3.05, 3.63) is 34.4 Å². The quantitative estimate of drug-likeness (QED) is 0.220. The number of carboxylic acids is 4. The Bertz CT molecular complexity index is 986. The van der Waals surface area contributed by atoms with Gasteiger partial charge in [0.15, 0.2) is 13.1 Å². The highest BCUT2D eigenvalue weighted by Gasteiger charge is 2.21. The van der Waals surface area contributed by atoms with Gasteiger partial charge in [-0.15, -0.1) is 0 Å². The summed E-state index contributed by atoms with van der Waals surface area (Å²) in [4.78, 5) is 63.6. The van der Waals surface area contributed by atoms with Crippen molar-refractivity contribution < 1.29 is 58.3 Å². The van der Waals surface area contributed by atoms with Crippen LogP contribution in [0.25, 0.3) is 0 Å². The Balaban J connectivity index is 0.000000296. The average Bonchev–Trinajstić information content (AvgIpc) is 3.18. The van der Waals surface area contributed by atoms with E-state index in [0.29, 0.717) is 37.1 Å². The zero-order chi connectivity index (χ0) is 26.3. The number of nitrogens with zero attached hydrogens (tertiary/aromatic N) is 2. The highest BCUT2D eigenvalue weighted by Crippen LogP contribution is 2.17. The Hall–Kier alpha value is -5.02. The van der Waals surface area contributed by atoms with Crippen LogP contribution in [0.4, 0.5) is 0 Å². The molecule has 2 heterocycles. The molecule has 0 spiro atoms. The van der Waals surface area contributed by atoms with E-state index in [4.69, 9.17) is 21.7 Å². The van der Waals surface area contributed by atoms with Gasteiger partial charge >= 0.3 is 35.7 Å². The van der Waals surface area contributed by atoms with Crippen LogP contribution in [0.1, 0.15) is 41.4 Å². The van der Waals surface area contributed by atoms with Gasteiger partial charge in [0, 0.05) is 11.1 Å². The minimum absolute atomic E-state index is 0.0370. The number of guanidine groups is 2. The second kappa shape index (κ2) is 11.0. The molecule has 1 aromatic rings. The minimum Gasteiger partial charge on any atom is -0.545 e. The van der Waals surface area contributed by atoms with Gasteiger partial charge in [0.2, 0.25) is 0 Å². The number of hydrogen-bond donors (Lipinski definition) is 6. The van der Waals surface area contributed by atoms with Crippen LogP contribution in [0, 0.1) is 0 Å². The van der Waals surface area contributed by atoms with Gasteiger partial charge in [-0.1, -0.05) is 0 Å². The monoisotopic (exact) mass is 480 g/mol. The van der Waals surface area contributed by atoms with E-state index in [2.05, 4.69) is 10.6 Å². The Morgan fingerprint density at radius 2 is 1.06 bits per heavy atom. The highest BCUT2D eigenvalue weighted by molar-refractivity contribution is 6.08. The maximum Gasteiger partial charge on any atom is 0.351 e. The fraction of sp³-hybridized carbons (Fsp3) is 0.222. The van der Waals surface area contributed by atoms with Gasteiger partial charge in [-0.05, 0) is 12.1 Å². The Kier molecular flexibility index (Phi) is 8.76. The number of carboxylic acid groups (broad SMARTS) is 4. The molecule has 2 aliphatic rings. The van der Waals surface area contributed by atoms with Gasteiger partial charge in [0.05, 0.1) is 37.2 Å². The van der Waals surface area contributed by atoms with Crippen molar-refractivity contribution >= 4 is 47.6 Å². The summed E-state index contributed by atoms with van der Waals surface area (Å²) in [6.07, 6.45) is 0. The lowest BCUT2D eigenvalue weighted by molar-refractivity contribution is -0.480. The van der Waals surface area contributed by atoms with Crippen LogP contribution in [0.2, 0.25) is 0 Å². The van der Waals surface area contributed by atoms with E-state index in [0.717, 1.165) is 0 Å². The summed E-state index contributed by atoms with van der Waals surface area (Å²) in [5.74, 6) is -6.51. The molecule has 0 radical (unpaired) electrons. The summed E-state index contributed by atoms with van der Waals surface area (Å²) < 4.78 is 3.31. The first kappa shape index (κ1) is 27.0. The van der Waals surface area contributed by atoms with Crippen LogP contribution in [0.5, 0.6) is 0 Å². The smallest absolute Gasteiger partial charge is 0.351 e. The van der Waals surface area contributed by atoms with Crippen LogP contribution in [0.15, 0.2) is 12.1 Å². The highest BCUT2D eigenvalue weighted by atomic mass is 16.4. The molecule has 0 bridgehead atoms. The maximum atomic E-state index is 10.7. The van der Waals surface area contributed by atoms with E-state index in [1.165, 1.54) is 0 Å². The van der Waals surface area contributed by atoms with Crippen molar-refractivity contribution in [3.63, 3.8) is 0 Å². The maximum absolute atomic E-state index is 10.7. The third kappa shape index (κ3) is 7.01. The van der Waals surface area contributed by atoms with Crippen molar-refractivity contribution in [2.24, 2.45) is 11.5 Å². The number of carbonyl (C=O) groups is 6. The third-order valence-electron chi connectivity index (χ3n) is 4.18. The summed E-state index contributed by atoms with van der Waals surface area (Å²) >= 11 is 0. The van der Waals surface area contributed by atoms with Gasteiger partial charge in [-0.25, -0.2) is 20.2 Å². The van der Waals surface area contributed by atoms with E-state index in [1.54, 1.807) is 23.2 Å². The first-order valence-electron chi connectivity index (χ1n) is 8.99. The molecular weight excluding hydrogens is 460 g/mol. The molecule has 0 unspecified atom stereocenters. The molecule has 0 fully saturated rings. The topological polar surface area (TPSA) is 271 Å². The molecule has 0 atom stereocenters. The molecule has 0 aliphatic carbocycles. The van der Waals surface area contributed by atoms with Crippen molar-refractivity contribution in [2.45, 2.75) is 0 Å². The predicted molar refractivity (Wildman–Crippen MR) is 106 cm³/mol. The molecular formula is C18H20N6O10. The van der Waals surface area contributed by atoms with E-state index in [1.807, 2.05) is 0 Å². The Labute approximate surface area is 190 Å². The molecule has 34 heavy (non-hydrogen) atoms. The van der Waals surface area contributed by atoms with E-state index < -0.39 is 46.1 Å². The number of nitrogens with two attached hydrogens (primary N) is 2. The van der Waals surface area contributed by atoms with Gasteiger partial charge < -0.3 is 30.0 Å². The number of amides is 2. The lowest BCUT2D eigenvalue weighted by Gasteiger charge is -2.13. The number of aromatic carboxylic acids is 4. The van der Waals surface area contributed by atoms with Gasteiger partial charge in [0.25, 0.3) is 0 Å². The molecule has 16 heteroatoms. The summed E-state index contributed by atoms with van der Waals surface area (Å²) in [6, 6.07) is 0.818. The normalized spacial score (nSPS) is 14.3. The standard InChI is InChI=1S/C10H6O8.2C4H7N3O/c11-7(12)3-1-4(8(13)14)6(10(17)18)2-5(3)9(15)16;2*1-7-2-3(8)6-4(7)5/h1-2H,(H,11,12)(H,13,14)(H,15,16)(H,17,18);2*2H2,1H3,(H2,5,6,8). The van der Waals surface area contributed by atoms with Crippen LogP contribution >= 0.6 is 0 Å². The van der Waals surface area contributed by atoms with E-state index in [-0.39, 0.29) is 11.8 Å². The molecule has 3 rings (SSSR count). The second-order valence-corrected chi connectivity index (χ2v) is 6.71. The molecule has 0 aromatic heterocycles. The molecule has 2 aliphatic heterocycles. The number of nitrogens with one attached hydrogen (secondary N) is 2. The number of benzene rings is 1. The first-order chi connectivity index (χ1) is 15.6. The molecule has 16 nitrogen and oxygen atoms in total. The van der Waals surface area contributed by atoms with Crippen molar-refractivity contribution in [1.82, 2.24) is 10.6 Å². The minimum atomic E-state index is -1.94. The molecule has 0 saturated carbocycles. The number of likely N-dealkylation sites (N-methyl/N-ethyl adjacent to an activating group) is 2. The fourth-order valence-electron chi connectivity index (χ4n) is 2.45. The van der Waals surface area contributed by atoms with Crippen molar-refractivity contribution in [1.29, 1.82) is 0 Å². The Morgan fingerprint density at radius 1 is 0.765 bits per heavy atom.